The zero-order valence-electron chi connectivity index (χ0n) is 21.1. The van der Waals surface area contributed by atoms with Gasteiger partial charge in [0, 0.05) is 42.6 Å². The highest BCUT2D eigenvalue weighted by molar-refractivity contribution is 7.99. The second-order valence-corrected chi connectivity index (χ2v) is 10.9. The fraction of sp³-hybridized carbons (Fsp3) is 0.464. The molecule has 0 amide bonds. The molecule has 1 N–H and O–H groups in total. The van der Waals surface area contributed by atoms with E-state index in [0.717, 1.165) is 22.7 Å². The fourth-order valence-electron chi connectivity index (χ4n) is 5.09. The van der Waals surface area contributed by atoms with E-state index in [-0.39, 0.29) is 23.3 Å². The normalized spacial score (nSPS) is 16.7. The average molecular weight is 537 g/mol. The monoisotopic (exact) mass is 536 g/mol. The Morgan fingerprint density at radius 1 is 1.14 bits per heavy atom. The Hall–Kier alpha value is -2.36. The summed E-state index contributed by atoms with van der Waals surface area (Å²) in [6.07, 6.45) is 2.76. The molecule has 0 bridgehead atoms. The summed E-state index contributed by atoms with van der Waals surface area (Å²) in [7, 11) is 1.58. The Morgan fingerprint density at radius 2 is 1.84 bits per heavy atom. The fourth-order valence-corrected chi connectivity index (χ4v) is 6.04. The number of piperidine rings is 1. The molecule has 4 rings (SSSR count). The number of likely N-dealkylation sites (tertiary alicyclic amines) is 1. The van der Waals surface area contributed by atoms with Gasteiger partial charge in [-0.3, -0.25) is 4.98 Å². The van der Waals surface area contributed by atoms with Crippen LogP contribution in [0.15, 0.2) is 41.4 Å². The van der Waals surface area contributed by atoms with E-state index in [0.29, 0.717) is 73.6 Å². The second kappa shape index (κ2) is 12.0. The second-order valence-electron chi connectivity index (χ2n) is 9.79. The smallest absolute Gasteiger partial charge is 0.142 e. The van der Waals surface area contributed by atoms with Crippen LogP contribution in [0.1, 0.15) is 43.0 Å². The lowest BCUT2D eigenvalue weighted by atomic mass is 9.74. The molecule has 0 unspecified atom stereocenters. The van der Waals surface area contributed by atoms with E-state index >= 15 is 4.39 Å². The predicted octanol–water partition coefficient (Wildman–Crippen LogP) is 6.63. The molecule has 1 aromatic heterocycles. The van der Waals surface area contributed by atoms with Crippen molar-refractivity contribution in [1.29, 1.82) is 0 Å². The van der Waals surface area contributed by atoms with Crippen molar-refractivity contribution in [2.75, 3.05) is 39.1 Å². The van der Waals surface area contributed by atoms with Gasteiger partial charge in [0.25, 0.3) is 0 Å². The van der Waals surface area contributed by atoms with Crippen LogP contribution in [0.4, 0.5) is 17.6 Å². The molecule has 2 aromatic carbocycles. The number of hydrogen-bond acceptors (Lipinski definition) is 5. The van der Waals surface area contributed by atoms with Gasteiger partial charge in [0.15, 0.2) is 0 Å². The summed E-state index contributed by atoms with van der Waals surface area (Å²) in [6, 6.07) is 6.83. The number of ether oxygens (including phenoxy) is 1. The van der Waals surface area contributed by atoms with Crippen LogP contribution in [0.2, 0.25) is 0 Å². The number of benzene rings is 2. The first kappa shape index (κ1) is 27.7. The highest BCUT2D eigenvalue weighted by Gasteiger charge is 2.35. The summed E-state index contributed by atoms with van der Waals surface area (Å²) >= 11 is 1.03. The maximum Gasteiger partial charge on any atom is 0.142 e. The minimum absolute atomic E-state index is 0.0157. The van der Waals surface area contributed by atoms with E-state index in [1.807, 2.05) is 19.1 Å². The van der Waals surface area contributed by atoms with Gasteiger partial charge in [-0.05, 0) is 80.4 Å². The molecule has 3 aromatic rings. The molecule has 1 saturated heterocycles. The van der Waals surface area contributed by atoms with Gasteiger partial charge in [0.1, 0.15) is 29.4 Å². The molecule has 1 aliphatic rings. The van der Waals surface area contributed by atoms with E-state index in [1.54, 1.807) is 19.4 Å². The summed E-state index contributed by atoms with van der Waals surface area (Å²) in [5.41, 5.74) is 1.75. The van der Waals surface area contributed by atoms with Gasteiger partial charge in [0.05, 0.1) is 17.5 Å². The summed E-state index contributed by atoms with van der Waals surface area (Å²) < 4.78 is 61.8. The third-order valence-corrected chi connectivity index (χ3v) is 8.49. The van der Waals surface area contributed by atoms with Crippen molar-refractivity contribution in [1.82, 2.24) is 9.88 Å². The number of aromatic nitrogens is 1. The van der Waals surface area contributed by atoms with E-state index in [1.165, 1.54) is 0 Å². The molecule has 1 fully saturated rings. The van der Waals surface area contributed by atoms with Crippen molar-refractivity contribution in [2.24, 2.45) is 5.41 Å². The molecule has 0 aliphatic carbocycles. The zero-order chi connectivity index (χ0) is 26.6. The van der Waals surface area contributed by atoms with Gasteiger partial charge < -0.3 is 14.7 Å². The first-order valence-electron chi connectivity index (χ1n) is 12.4. The standard InChI is InChI=1S/C28H32F4N2O2S/c1-18-16-33-25-4-3-20(36-2)15-21(25)26(18)22(30)5-6-28(17-35)7-9-34(10-8-28)11-12-37-27-23(31)13-19(29)14-24(27)32/h3-4,13-16,22,35H,5-12,17H2,1-2H3/t22-/m0/s1. The quantitative estimate of drug-likeness (QED) is 0.233. The lowest BCUT2D eigenvalue weighted by molar-refractivity contribution is 0.0323. The van der Waals surface area contributed by atoms with Crippen molar-refractivity contribution in [2.45, 2.75) is 43.7 Å². The Morgan fingerprint density at radius 3 is 2.49 bits per heavy atom. The number of pyridine rings is 1. The first-order valence-corrected chi connectivity index (χ1v) is 13.4. The number of thioether (sulfide) groups is 1. The summed E-state index contributed by atoms with van der Waals surface area (Å²) in [6.45, 7) is 3.87. The van der Waals surface area contributed by atoms with Crippen LogP contribution in [0.25, 0.3) is 10.9 Å². The molecule has 4 nitrogen and oxygen atoms in total. The van der Waals surface area contributed by atoms with Gasteiger partial charge in [-0.2, -0.15) is 0 Å². The topological polar surface area (TPSA) is 45.6 Å². The third-order valence-electron chi connectivity index (χ3n) is 7.43. The van der Waals surface area contributed by atoms with E-state index < -0.39 is 23.6 Å². The minimum atomic E-state index is -1.20. The lowest BCUT2D eigenvalue weighted by Crippen LogP contribution is -2.42. The van der Waals surface area contributed by atoms with Crippen LogP contribution in [0, 0.1) is 29.8 Å². The van der Waals surface area contributed by atoms with Crippen LogP contribution in [-0.4, -0.2) is 54.1 Å². The highest BCUT2D eigenvalue weighted by Crippen LogP contribution is 2.41. The zero-order valence-corrected chi connectivity index (χ0v) is 21.9. The van der Waals surface area contributed by atoms with Crippen LogP contribution < -0.4 is 4.74 Å². The molecule has 200 valence electrons. The summed E-state index contributed by atoms with van der Waals surface area (Å²) in [5, 5.41) is 11.0. The SMILES string of the molecule is COc1ccc2ncc(C)c([C@@H](F)CCC3(CO)CCN(CCSc4c(F)cc(F)cc4F)CC3)c2c1. The molecule has 0 spiro atoms. The van der Waals surface area contributed by atoms with Crippen LogP contribution in [0.5, 0.6) is 5.75 Å². The summed E-state index contributed by atoms with van der Waals surface area (Å²) in [4.78, 5) is 6.42. The van der Waals surface area contributed by atoms with Crippen LogP contribution in [-0.2, 0) is 0 Å². The Balaban J connectivity index is 1.33. The van der Waals surface area contributed by atoms with Crippen molar-refractivity contribution in [3.63, 3.8) is 0 Å². The van der Waals surface area contributed by atoms with Crippen LogP contribution in [0.3, 0.4) is 0 Å². The minimum Gasteiger partial charge on any atom is -0.497 e. The Bertz CT molecular complexity index is 1210. The highest BCUT2D eigenvalue weighted by atomic mass is 32.2. The largest absolute Gasteiger partial charge is 0.497 e. The van der Waals surface area contributed by atoms with E-state index in [9.17, 15) is 18.3 Å². The maximum atomic E-state index is 15.7. The molecule has 0 radical (unpaired) electrons. The van der Waals surface area contributed by atoms with Crippen molar-refractivity contribution >= 4 is 22.7 Å². The molecular weight excluding hydrogens is 504 g/mol. The van der Waals surface area contributed by atoms with Gasteiger partial charge in [0.2, 0.25) is 0 Å². The number of aliphatic hydroxyl groups excluding tert-OH is 1. The third kappa shape index (κ3) is 6.38. The molecule has 9 heteroatoms. The van der Waals surface area contributed by atoms with Crippen molar-refractivity contribution < 1.29 is 27.4 Å². The number of rotatable bonds is 10. The average Bonchev–Trinajstić information content (AvgIpc) is 2.89. The number of alkyl halides is 1. The van der Waals surface area contributed by atoms with Crippen molar-refractivity contribution in [3.05, 3.63) is 65.1 Å². The number of halogens is 4. The number of aryl methyl sites for hydroxylation is 1. The van der Waals surface area contributed by atoms with Gasteiger partial charge >= 0.3 is 0 Å². The van der Waals surface area contributed by atoms with Crippen molar-refractivity contribution in [3.8, 4) is 5.75 Å². The first-order chi connectivity index (χ1) is 17.7. The molecule has 1 atom stereocenters. The molecule has 0 saturated carbocycles. The van der Waals surface area contributed by atoms with E-state index in [2.05, 4.69) is 9.88 Å². The van der Waals surface area contributed by atoms with Crippen LogP contribution >= 0.6 is 11.8 Å². The molecular formula is C28H32F4N2O2S. The number of methoxy groups -OCH3 is 1. The molecule has 1 aliphatic heterocycles. The van der Waals surface area contributed by atoms with Gasteiger partial charge in [-0.1, -0.05) is 0 Å². The number of hydrogen-bond donors (Lipinski definition) is 1. The maximum absolute atomic E-state index is 15.7. The Kier molecular flexibility index (Phi) is 8.98. The lowest BCUT2D eigenvalue weighted by Gasteiger charge is -2.41. The number of aliphatic hydroxyl groups is 1. The summed E-state index contributed by atoms with van der Waals surface area (Å²) in [5.74, 6) is -1.61. The molecule has 37 heavy (non-hydrogen) atoms. The number of fused-ring (bicyclic) bond motifs is 1. The number of nitrogens with zero attached hydrogens (tertiary/aromatic N) is 2. The Labute approximate surface area is 219 Å². The van der Waals surface area contributed by atoms with E-state index in [4.69, 9.17) is 4.74 Å². The van der Waals surface area contributed by atoms with Gasteiger partial charge in [-0.15, -0.1) is 11.8 Å². The van der Waals surface area contributed by atoms with Gasteiger partial charge in [-0.25, -0.2) is 17.6 Å². The predicted molar refractivity (Wildman–Crippen MR) is 138 cm³/mol. The molecule has 2 heterocycles.